The zero-order valence-electron chi connectivity index (χ0n) is 66.8. The van der Waals surface area contributed by atoms with E-state index in [1.165, 1.54) is 0 Å². The number of unbranched alkanes of at least 4 members (excludes halogenated alkanes) is 1. The molecule has 2 aromatic heterocycles. The fourth-order valence-corrected chi connectivity index (χ4v) is 31.8. The lowest BCUT2D eigenvalue weighted by atomic mass is 9.95. The first-order chi connectivity index (χ1) is 55.7. The highest BCUT2D eigenvalue weighted by Gasteiger charge is 2.58. The number of fused-ring (bicyclic) bond motifs is 14. The van der Waals surface area contributed by atoms with E-state index >= 15 is 4.79 Å². The van der Waals surface area contributed by atoms with Crippen molar-refractivity contribution >= 4 is 161 Å². The summed E-state index contributed by atoms with van der Waals surface area (Å²) >= 11 is 0. The number of aromatic nitrogens is 2. The lowest BCUT2D eigenvalue weighted by Crippen LogP contribution is -2.70. The smallest absolute Gasteiger partial charge is 0.582 e. The number of aliphatic carboxylic acids is 1. The van der Waals surface area contributed by atoms with Crippen molar-refractivity contribution < 1.29 is 115 Å². The summed E-state index contributed by atoms with van der Waals surface area (Å²) in [5.74, 6) is -5.32. The van der Waals surface area contributed by atoms with Crippen LogP contribution in [0.2, 0.25) is 38.3 Å². The van der Waals surface area contributed by atoms with Crippen molar-refractivity contribution in [3.05, 3.63) is 130 Å². The minimum atomic E-state index is -4.90. The molecule has 652 valence electrons. The molecule has 119 heavy (non-hydrogen) atoms. The Hall–Kier alpha value is -7.40. The quantitative estimate of drug-likeness (QED) is 0.00958. The fraction of sp³-hybridized carbons (Fsp3) is 0.527. The van der Waals surface area contributed by atoms with Gasteiger partial charge in [-0.25, -0.2) is 46.8 Å². The summed E-state index contributed by atoms with van der Waals surface area (Å²) in [5.41, 5.74) is 3.54. The third-order valence-electron chi connectivity index (χ3n) is 21.6. The topological polar surface area (TPSA) is 530 Å². The van der Waals surface area contributed by atoms with Crippen molar-refractivity contribution in [1.29, 1.82) is 0 Å². The number of nitrogens with zero attached hydrogens (tertiary/aromatic N) is 10. The average molecular weight is 1820 g/mol. The normalized spacial score (nSPS) is 16.1. The van der Waals surface area contributed by atoms with Gasteiger partial charge in [0.2, 0.25) is 11.8 Å². The van der Waals surface area contributed by atoms with E-state index in [0.717, 1.165) is 0 Å². The molecule has 6 aromatic rings. The SMILES string of the molecule is C[Si](C)(CCCNC(=O)CCCCC(=O)O)O[Si]1(O[Si](C)(C)CCCNC(=O)C(CCC[N+](CCCS(=O)(=O)[O-])(CCCS(=O)(=O)[O-])CCCS(=O)(=O)O)CCC[N+](CCCS(=O)(=O)O)(CCCS(=O)(=O)O)CCCS(=O)(=O)O)n2c3c4ccccc4c2N=C2N=C(N=c4c5ccccc5c(n41)=NC1=NC(=N3)c3ccccc31)c1ccccc12. The minimum absolute atomic E-state index is 0.00114. The number of amides is 2. The van der Waals surface area contributed by atoms with Crippen LogP contribution >= 0.6 is 0 Å². The molecule has 0 radical (unpaired) electrons. The second-order valence-corrected chi connectivity index (χ2v) is 53.1. The van der Waals surface area contributed by atoms with Gasteiger partial charge in [-0.3, -0.25) is 41.1 Å². The maximum Gasteiger partial charge on any atom is 0.582 e. The molecule has 6 heterocycles. The number of aliphatic imine (C=N–C) groups is 4. The number of carboxylic acid groups (broad SMARTS) is 1. The summed E-state index contributed by atoms with van der Waals surface area (Å²) in [7, 11) is -39.7. The molecule has 0 saturated carbocycles. The average Bonchev–Trinajstić information content (AvgIpc) is 1.53. The molecule has 4 aliphatic heterocycles. The maximum absolute atomic E-state index is 15.4. The first-order valence-electron chi connectivity index (χ1n) is 39.5. The van der Waals surface area contributed by atoms with Crippen LogP contribution in [0.15, 0.2) is 127 Å². The number of quaternary nitrogens is 2. The molecule has 45 heteroatoms. The van der Waals surface area contributed by atoms with Crippen molar-refractivity contribution in [2.24, 2.45) is 35.9 Å². The van der Waals surface area contributed by atoms with Gasteiger partial charge in [-0.15, -0.1) is 0 Å². The number of hydrogen-bond acceptors (Lipinski definition) is 25. The van der Waals surface area contributed by atoms with Crippen LogP contribution in [0.25, 0.3) is 21.5 Å². The van der Waals surface area contributed by atoms with Crippen LogP contribution in [-0.2, 0) is 83.3 Å². The van der Waals surface area contributed by atoms with Gasteiger partial charge in [0, 0.05) is 126 Å². The summed E-state index contributed by atoms with van der Waals surface area (Å²) in [5, 5.41) is 18.0. The van der Waals surface area contributed by atoms with E-state index in [2.05, 4.69) is 23.7 Å². The molecular formula is C74H104N12O24S6Si3. The van der Waals surface area contributed by atoms with Gasteiger partial charge in [-0.05, 0) is 89.6 Å². The third kappa shape index (κ3) is 26.6. The fourth-order valence-electron chi connectivity index (χ4n) is 16.3. The van der Waals surface area contributed by atoms with Crippen molar-refractivity contribution in [3.8, 4) is 0 Å². The van der Waals surface area contributed by atoms with E-state index in [1.807, 2.05) is 119 Å². The molecule has 0 spiro atoms. The van der Waals surface area contributed by atoms with Crippen LogP contribution in [0.1, 0.15) is 125 Å². The van der Waals surface area contributed by atoms with Gasteiger partial charge in [0.25, 0.3) is 40.5 Å². The second kappa shape index (κ2) is 39.0. The van der Waals surface area contributed by atoms with Crippen molar-refractivity contribution in [2.45, 2.75) is 141 Å². The molecule has 0 saturated heterocycles. The molecule has 7 N–H and O–H groups in total. The minimum Gasteiger partial charge on any atom is -0.748 e. The summed E-state index contributed by atoms with van der Waals surface area (Å²) in [6.07, 6.45) is 0.0926. The molecular weight excluding hydrogens is 1720 g/mol. The van der Waals surface area contributed by atoms with Gasteiger partial charge in [-0.2, -0.15) is 33.7 Å². The van der Waals surface area contributed by atoms with Crippen molar-refractivity contribution in [1.82, 2.24) is 19.1 Å². The Morgan fingerprint density at radius 1 is 0.420 bits per heavy atom. The van der Waals surface area contributed by atoms with Crippen molar-refractivity contribution in [2.75, 3.05) is 100.0 Å². The van der Waals surface area contributed by atoms with E-state index in [9.17, 15) is 92.5 Å². The lowest BCUT2D eigenvalue weighted by molar-refractivity contribution is -0.928. The van der Waals surface area contributed by atoms with Gasteiger partial charge in [0.15, 0.2) is 40.0 Å². The van der Waals surface area contributed by atoms with Gasteiger partial charge in [-0.1, -0.05) is 97.1 Å². The van der Waals surface area contributed by atoms with Crippen LogP contribution in [0, 0.1) is 5.92 Å². The second-order valence-electron chi connectivity index (χ2n) is 32.1. The van der Waals surface area contributed by atoms with Crippen LogP contribution in [0.5, 0.6) is 0 Å². The Balaban J connectivity index is 1.07. The largest absolute Gasteiger partial charge is 0.748 e. The van der Waals surface area contributed by atoms with Crippen LogP contribution in [-0.4, -0.2) is 267 Å². The summed E-state index contributed by atoms with van der Waals surface area (Å²) in [6.45, 7) is 7.69. The van der Waals surface area contributed by atoms with Crippen LogP contribution < -0.4 is 21.6 Å². The van der Waals surface area contributed by atoms with Gasteiger partial charge >= 0.3 is 14.9 Å². The summed E-state index contributed by atoms with van der Waals surface area (Å²) < 4.78 is 229. The van der Waals surface area contributed by atoms with Gasteiger partial charge in [0.05, 0.1) is 95.6 Å². The number of carbonyl (C=O) groups excluding carboxylic acids is 2. The first-order valence-corrected chi connectivity index (χ1v) is 57.1. The monoisotopic (exact) mass is 1820 g/mol. The van der Waals surface area contributed by atoms with Crippen LogP contribution in [0.4, 0.5) is 11.6 Å². The van der Waals surface area contributed by atoms with E-state index in [4.69, 9.17) is 38.2 Å². The van der Waals surface area contributed by atoms with Gasteiger partial charge < -0.3 is 42.0 Å². The number of hydrogen-bond donors (Lipinski definition) is 7. The Morgan fingerprint density at radius 2 is 0.739 bits per heavy atom. The van der Waals surface area contributed by atoms with E-state index in [-0.39, 0.29) is 164 Å². The molecule has 0 aliphatic carbocycles. The highest BCUT2D eigenvalue weighted by molar-refractivity contribution is 7.86. The predicted molar refractivity (Wildman–Crippen MR) is 453 cm³/mol. The zero-order chi connectivity index (χ0) is 86.6. The third-order valence-corrected chi connectivity index (χ3v) is 38.1. The number of carbonyl (C=O) groups is 3. The Morgan fingerprint density at radius 3 is 1.09 bits per heavy atom. The van der Waals surface area contributed by atoms with Crippen LogP contribution in [0.3, 0.4) is 0 Å². The lowest BCUT2D eigenvalue weighted by Gasteiger charge is -2.43. The molecule has 2 atom stereocenters. The Labute approximate surface area is 696 Å². The van der Waals surface area contributed by atoms with E-state index < -0.39 is 139 Å². The van der Waals surface area contributed by atoms with E-state index in [1.54, 1.807) is 0 Å². The standard InChI is InChI=1S/C74H104N12O24S6Si3/c1-117(2,53-17-37-75-64(87)35-13-14-36-65(88)89)109-119(83-70-60-31-9-10-32-61(60)72(83)81-68-58-29-7-8-30-59(58)69(78-68)82-73-63-34-12-11-33-62(63)71(84(73)119)80-67-57-28-6-5-27-56(57)66(77-67)79-70)110-118(3,4)54-18-38-76-74(90)55(25-15-39-85(41-19-47-111(91,92)93,42-20-48-112(94,95)96)43-21-49-113(97,98)99)26-16-40-86(44-22-50-114(100,101)102,45-23-51-115(103,104)105)46-24-52-116(106,107)108/h5-12,27-34,55H,13-26,35-54H2,1-4H3,(H7-2,75,76,87,88,89,90,91,92,93,94,95,96,97,98,99,100,101,102,103,104,105,106,107,108). The molecule has 6 bridgehead atoms. The molecule has 36 nitrogen and oxygen atoms in total. The first kappa shape index (κ1) is 93.9. The van der Waals surface area contributed by atoms with E-state index in [0.29, 0.717) is 121 Å². The number of amidine groups is 4. The van der Waals surface area contributed by atoms with Gasteiger partial charge in [0.1, 0.15) is 22.6 Å². The predicted octanol–water partition coefficient (Wildman–Crippen LogP) is 6.26. The molecule has 2 amide bonds. The Bertz CT molecular complexity index is 5310. The Kier molecular flexibility index (Phi) is 30.8. The molecule has 4 aliphatic rings. The number of nitrogens with one attached hydrogen (secondary N) is 2. The molecule has 0 fully saturated rings. The molecule has 2 unspecified atom stereocenters. The molecule has 10 rings (SSSR count). The highest BCUT2D eigenvalue weighted by atomic mass is 32.2. The summed E-state index contributed by atoms with van der Waals surface area (Å²) in [6, 6.07) is 31.4. The summed E-state index contributed by atoms with van der Waals surface area (Å²) in [4.78, 5) is 72.9. The number of benzene rings is 4. The number of rotatable bonds is 50. The maximum atomic E-state index is 15.4. The zero-order valence-corrected chi connectivity index (χ0v) is 74.7. The molecule has 4 aromatic carbocycles. The highest BCUT2D eigenvalue weighted by Crippen LogP contribution is 2.46. The van der Waals surface area contributed by atoms with Crippen molar-refractivity contribution in [3.63, 3.8) is 0 Å². The number of carboxylic acids is 1.